The molecule has 2 fully saturated rings. The molecule has 1 N–H and O–H groups in total. The first kappa shape index (κ1) is 17.8. The van der Waals surface area contributed by atoms with Gasteiger partial charge in [-0.1, -0.05) is 0 Å². The van der Waals surface area contributed by atoms with Gasteiger partial charge in [0.1, 0.15) is 5.60 Å². The number of hydrogen-bond donors (Lipinski definition) is 1. The van der Waals surface area contributed by atoms with E-state index in [-0.39, 0.29) is 6.09 Å². The van der Waals surface area contributed by atoms with Crippen LogP contribution in [0.4, 0.5) is 10.5 Å². The molecule has 1 amide bonds. The van der Waals surface area contributed by atoms with Gasteiger partial charge in [0.2, 0.25) is 0 Å². The molecule has 0 radical (unpaired) electrons. The van der Waals surface area contributed by atoms with Gasteiger partial charge in [0.15, 0.2) is 0 Å². The van der Waals surface area contributed by atoms with Crippen LogP contribution in [0.25, 0.3) is 11.3 Å². The number of ether oxygens (including phenoxy) is 1. The molecule has 27 heavy (non-hydrogen) atoms. The lowest BCUT2D eigenvalue weighted by atomic mass is 10.1. The molecule has 144 valence electrons. The van der Waals surface area contributed by atoms with Crippen LogP contribution in [-0.4, -0.2) is 58.0 Å². The number of piperazine rings is 1. The molecule has 0 bridgehead atoms. The van der Waals surface area contributed by atoms with E-state index in [1.807, 2.05) is 39.2 Å². The van der Waals surface area contributed by atoms with E-state index < -0.39 is 5.60 Å². The lowest BCUT2D eigenvalue weighted by Gasteiger charge is -2.37. The monoisotopic (exact) mass is 369 g/mol. The Morgan fingerprint density at radius 2 is 1.96 bits per heavy atom. The van der Waals surface area contributed by atoms with Gasteiger partial charge in [-0.3, -0.25) is 10.1 Å². The maximum atomic E-state index is 12.3. The second kappa shape index (κ2) is 6.87. The maximum absolute atomic E-state index is 12.3. The van der Waals surface area contributed by atoms with Crippen LogP contribution in [0.5, 0.6) is 0 Å². The Balaban J connectivity index is 1.49. The number of nitrogens with one attached hydrogen (secondary N) is 1. The highest BCUT2D eigenvalue weighted by Gasteiger charge is 2.31. The molecule has 7 nitrogen and oxygen atoms in total. The zero-order valence-corrected chi connectivity index (χ0v) is 16.2. The van der Waals surface area contributed by atoms with Crippen molar-refractivity contribution in [3.05, 3.63) is 30.2 Å². The smallest absolute Gasteiger partial charge is 0.410 e. The van der Waals surface area contributed by atoms with Crippen LogP contribution >= 0.6 is 0 Å². The molecule has 2 aromatic rings. The standard InChI is InChI=1S/C20H27N5O2/c1-20(2,3)27-19(26)25-11-9-24(10-12-25)16-5-4-8-21-18(16)15-13-22-23-17(15)14-6-7-14/h4-5,8,13-14H,6-7,9-12H2,1-3H3,(H,22,23). The van der Waals surface area contributed by atoms with E-state index in [1.54, 1.807) is 4.90 Å². The molecule has 7 heteroatoms. The highest BCUT2D eigenvalue weighted by atomic mass is 16.6. The summed E-state index contributed by atoms with van der Waals surface area (Å²) in [5.41, 5.74) is 3.83. The molecular weight excluding hydrogens is 342 g/mol. The highest BCUT2D eigenvalue weighted by molar-refractivity contribution is 5.77. The van der Waals surface area contributed by atoms with Crippen LogP contribution in [0.2, 0.25) is 0 Å². The number of pyridine rings is 1. The second-order valence-electron chi connectivity index (χ2n) is 8.28. The second-order valence-corrected chi connectivity index (χ2v) is 8.28. The van der Waals surface area contributed by atoms with Crippen molar-refractivity contribution in [2.75, 3.05) is 31.1 Å². The first-order valence-corrected chi connectivity index (χ1v) is 9.64. The largest absolute Gasteiger partial charge is 0.444 e. The van der Waals surface area contributed by atoms with Gasteiger partial charge in [-0.25, -0.2) is 4.79 Å². The van der Waals surface area contributed by atoms with Crippen molar-refractivity contribution in [1.29, 1.82) is 0 Å². The molecule has 1 saturated heterocycles. The molecule has 0 atom stereocenters. The molecule has 0 spiro atoms. The lowest BCUT2D eigenvalue weighted by Crippen LogP contribution is -2.50. The number of nitrogens with zero attached hydrogens (tertiary/aromatic N) is 4. The van der Waals surface area contributed by atoms with Crippen molar-refractivity contribution in [2.45, 2.75) is 45.1 Å². The Hall–Kier alpha value is -2.57. The van der Waals surface area contributed by atoms with E-state index in [2.05, 4.69) is 26.1 Å². The van der Waals surface area contributed by atoms with E-state index in [9.17, 15) is 4.79 Å². The number of anilines is 1. The molecular formula is C20H27N5O2. The number of carbonyl (C=O) groups excluding carboxylic acids is 1. The fraction of sp³-hybridized carbons (Fsp3) is 0.550. The minimum Gasteiger partial charge on any atom is -0.444 e. The number of amides is 1. The van der Waals surface area contributed by atoms with Gasteiger partial charge in [-0.15, -0.1) is 0 Å². The highest BCUT2D eigenvalue weighted by Crippen LogP contribution is 2.44. The first-order chi connectivity index (χ1) is 12.9. The van der Waals surface area contributed by atoms with Crippen LogP contribution < -0.4 is 4.90 Å². The predicted octanol–water partition coefficient (Wildman–Crippen LogP) is 3.41. The van der Waals surface area contributed by atoms with Crippen molar-refractivity contribution >= 4 is 11.8 Å². The van der Waals surface area contributed by atoms with Gasteiger partial charge in [0, 0.05) is 50.1 Å². The van der Waals surface area contributed by atoms with E-state index >= 15 is 0 Å². The summed E-state index contributed by atoms with van der Waals surface area (Å²) in [6.45, 7) is 8.49. The number of hydrogen-bond acceptors (Lipinski definition) is 5. The Morgan fingerprint density at radius 1 is 1.22 bits per heavy atom. The summed E-state index contributed by atoms with van der Waals surface area (Å²) >= 11 is 0. The fourth-order valence-electron chi connectivity index (χ4n) is 3.47. The SMILES string of the molecule is CC(C)(C)OC(=O)N1CCN(c2cccnc2-c2c[nH]nc2C2CC2)CC1. The van der Waals surface area contributed by atoms with Gasteiger partial charge < -0.3 is 14.5 Å². The molecule has 2 aliphatic rings. The average Bonchev–Trinajstić information content (AvgIpc) is 3.37. The third kappa shape index (κ3) is 3.91. The van der Waals surface area contributed by atoms with Crippen molar-refractivity contribution in [3.8, 4) is 11.3 Å². The Kier molecular flexibility index (Phi) is 4.53. The van der Waals surface area contributed by atoms with Crippen LogP contribution in [0.15, 0.2) is 24.5 Å². The van der Waals surface area contributed by atoms with Gasteiger partial charge >= 0.3 is 6.09 Å². The van der Waals surface area contributed by atoms with Crippen LogP contribution in [0.1, 0.15) is 45.2 Å². The van der Waals surface area contributed by atoms with Gasteiger partial charge in [-0.2, -0.15) is 5.10 Å². The zero-order chi connectivity index (χ0) is 19.0. The topological polar surface area (TPSA) is 74.3 Å². The summed E-state index contributed by atoms with van der Waals surface area (Å²) in [5, 5.41) is 7.47. The molecule has 3 heterocycles. The van der Waals surface area contributed by atoms with Crippen LogP contribution in [0.3, 0.4) is 0 Å². The first-order valence-electron chi connectivity index (χ1n) is 9.64. The third-order valence-corrected chi connectivity index (χ3v) is 4.95. The van der Waals surface area contributed by atoms with E-state index in [0.717, 1.165) is 35.7 Å². The predicted molar refractivity (Wildman–Crippen MR) is 104 cm³/mol. The van der Waals surface area contributed by atoms with E-state index in [1.165, 1.54) is 12.8 Å². The summed E-state index contributed by atoms with van der Waals surface area (Å²) in [4.78, 5) is 21.0. The maximum Gasteiger partial charge on any atom is 0.410 e. The quantitative estimate of drug-likeness (QED) is 0.897. The average molecular weight is 369 g/mol. The van der Waals surface area contributed by atoms with E-state index in [0.29, 0.717) is 19.0 Å². The Labute approximate surface area is 159 Å². The molecule has 1 saturated carbocycles. The molecule has 4 rings (SSSR count). The van der Waals surface area contributed by atoms with Crippen LogP contribution in [-0.2, 0) is 4.74 Å². The number of H-pyrrole nitrogens is 1. The summed E-state index contributed by atoms with van der Waals surface area (Å²) in [6.07, 6.45) is 5.96. The molecule has 0 aromatic carbocycles. The summed E-state index contributed by atoms with van der Waals surface area (Å²) in [7, 11) is 0. The molecule has 1 aliphatic carbocycles. The molecule has 1 aliphatic heterocycles. The number of aromatic nitrogens is 3. The van der Waals surface area contributed by atoms with Gasteiger partial charge in [0.05, 0.1) is 17.1 Å². The van der Waals surface area contributed by atoms with Crippen molar-refractivity contribution in [2.24, 2.45) is 0 Å². The third-order valence-electron chi connectivity index (χ3n) is 4.95. The number of aromatic amines is 1. The van der Waals surface area contributed by atoms with Crippen molar-refractivity contribution in [3.63, 3.8) is 0 Å². The Morgan fingerprint density at radius 3 is 2.63 bits per heavy atom. The van der Waals surface area contributed by atoms with Crippen LogP contribution in [0, 0.1) is 0 Å². The fourth-order valence-corrected chi connectivity index (χ4v) is 3.47. The lowest BCUT2D eigenvalue weighted by molar-refractivity contribution is 0.0240. The molecule has 2 aromatic heterocycles. The Bertz CT molecular complexity index is 814. The number of carbonyl (C=O) groups is 1. The minimum absolute atomic E-state index is 0.237. The van der Waals surface area contributed by atoms with Gasteiger partial charge in [0.25, 0.3) is 0 Å². The van der Waals surface area contributed by atoms with Crippen molar-refractivity contribution < 1.29 is 9.53 Å². The van der Waals surface area contributed by atoms with Crippen molar-refractivity contribution in [1.82, 2.24) is 20.1 Å². The number of rotatable bonds is 3. The minimum atomic E-state index is -0.467. The summed E-state index contributed by atoms with van der Waals surface area (Å²) in [5.74, 6) is 0.560. The van der Waals surface area contributed by atoms with Gasteiger partial charge in [-0.05, 0) is 45.7 Å². The van der Waals surface area contributed by atoms with E-state index in [4.69, 9.17) is 4.74 Å². The summed E-state index contributed by atoms with van der Waals surface area (Å²) in [6, 6.07) is 4.07. The summed E-state index contributed by atoms with van der Waals surface area (Å²) < 4.78 is 5.49. The zero-order valence-electron chi connectivity index (χ0n) is 16.2. The normalized spacial score (nSPS) is 17.9. The molecule has 0 unspecified atom stereocenters.